The predicted molar refractivity (Wildman–Crippen MR) is 81.3 cm³/mol. The third-order valence-corrected chi connectivity index (χ3v) is 3.94. The molecule has 0 atom stereocenters. The maximum absolute atomic E-state index is 12.4. The second-order valence-corrected chi connectivity index (χ2v) is 5.23. The molecule has 1 N–H and O–H groups in total. The van der Waals surface area contributed by atoms with Crippen molar-refractivity contribution in [1.82, 2.24) is 0 Å². The fraction of sp³-hybridized carbons (Fsp3) is 0.562. The Labute approximate surface area is 125 Å². The van der Waals surface area contributed by atoms with Gasteiger partial charge in [0.15, 0.2) is 0 Å². The summed E-state index contributed by atoms with van der Waals surface area (Å²) in [5.41, 5.74) is 0.566. The molecule has 0 aromatic heterocycles. The van der Waals surface area contributed by atoms with E-state index in [4.69, 9.17) is 14.2 Å². The van der Waals surface area contributed by atoms with Crippen molar-refractivity contribution in [2.24, 2.45) is 5.92 Å². The Bertz CT molecular complexity index is 470. The van der Waals surface area contributed by atoms with Gasteiger partial charge >= 0.3 is 0 Å². The Hall–Kier alpha value is -1.91. The lowest BCUT2D eigenvalue weighted by Gasteiger charge is -2.22. The SMILES string of the molecule is COc1cc(OC)c(NC(=O)C2CCCCC2)c(OC)c1. The van der Waals surface area contributed by atoms with Crippen molar-refractivity contribution >= 4 is 11.6 Å². The normalized spacial score (nSPS) is 15.4. The molecule has 1 aliphatic rings. The summed E-state index contributed by atoms with van der Waals surface area (Å²) in [7, 11) is 4.70. The Kier molecular flexibility index (Phi) is 5.31. The minimum absolute atomic E-state index is 0.0384. The van der Waals surface area contributed by atoms with Crippen LogP contribution in [0.1, 0.15) is 32.1 Å². The fourth-order valence-corrected chi connectivity index (χ4v) is 2.72. The van der Waals surface area contributed by atoms with E-state index in [-0.39, 0.29) is 11.8 Å². The van der Waals surface area contributed by atoms with Crippen molar-refractivity contribution in [2.75, 3.05) is 26.6 Å². The number of carbonyl (C=O) groups excluding carboxylic acids is 1. The molecule has 0 spiro atoms. The predicted octanol–water partition coefficient (Wildman–Crippen LogP) is 3.23. The molecule has 0 heterocycles. The molecule has 0 radical (unpaired) electrons. The first-order valence-electron chi connectivity index (χ1n) is 7.30. The van der Waals surface area contributed by atoms with E-state index in [1.165, 1.54) is 6.42 Å². The first-order valence-corrected chi connectivity index (χ1v) is 7.30. The average Bonchev–Trinajstić information content (AvgIpc) is 2.55. The highest BCUT2D eigenvalue weighted by Crippen LogP contribution is 2.39. The van der Waals surface area contributed by atoms with Crippen LogP contribution in [0.15, 0.2) is 12.1 Å². The summed E-state index contributed by atoms with van der Waals surface area (Å²) in [5, 5.41) is 2.96. The summed E-state index contributed by atoms with van der Waals surface area (Å²) in [6.07, 6.45) is 5.36. The molecule has 5 nitrogen and oxygen atoms in total. The van der Waals surface area contributed by atoms with Crippen molar-refractivity contribution in [3.8, 4) is 17.2 Å². The average molecular weight is 293 g/mol. The standard InChI is InChI=1S/C16H23NO4/c1-19-12-9-13(20-2)15(14(10-12)21-3)17-16(18)11-7-5-4-6-8-11/h9-11H,4-8H2,1-3H3,(H,17,18). The van der Waals surface area contributed by atoms with Gasteiger partial charge in [0, 0.05) is 18.1 Å². The van der Waals surface area contributed by atoms with Gasteiger partial charge in [0.1, 0.15) is 22.9 Å². The van der Waals surface area contributed by atoms with Crippen molar-refractivity contribution < 1.29 is 19.0 Å². The van der Waals surface area contributed by atoms with Crippen LogP contribution in [0, 0.1) is 5.92 Å². The van der Waals surface area contributed by atoms with Gasteiger partial charge in [0.25, 0.3) is 0 Å². The van der Waals surface area contributed by atoms with Crippen LogP contribution in [0.5, 0.6) is 17.2 Å². The van der Waals surface area contributed by atoms with Crippen LogP contribution in [0.4, 0.5) is 5.69 Å². The largest absolute Gasteiger partial charge is 0.496 e. The summed E-state index contributed by atoms with van der Waals surface area (Å²) in [4.78, 5) is 12.4. The second-order valence-electron chi connectivity index (χ2n) is 5.23. The van der Waals surface area contributed by atoms with Crippen molar-refractivity contribution in [3.05, 3.63) is 12.1 Å². The molecule has 2 rings (SSSR count). The fourth-order valence-electron chi connectivity index (χ4n) is 2.72. The quantitative estimate of drug-likeness (QED) is 0.905. The maximum Gasteiger partial charge on any atom is 0.227 e. The summed E-state index contributed by atoms with van der Waals surface area (Å²) < 4.78 is 15.9. The van der Waals surface area contributed by atoms with Gasteiger partial charge in [-0.25, -0.2) is 0 Å². The number of methoxy groups -OCH3 is 3. The lowest BCUT2D eigenvalue weighted by Crippen LogP contribution is -2.25. The molecule has 5 heteroatoms. The van der Waals surface area contributed by atoms with Crippen LogP contribution in [-0.2, 0) is 4.79 Å². The Balaban J connectivity index is 2.22. The van der Waals surface area contributed by atoms with E-state index in [9.17, 15) is 4.79 Å². The molecule has 1 aromatic rings. The van der Waals surface area contributed by atoms with E-state index in [1.54, 1.807) is 33.5 Å². The molecule has 0 saturated heterocycles. The number of hydrogen-bond acceptors (Lipinski definition) is 4. The minimum atomic E-state index is 0.0384. The molecule has 0 bridgehead atoms. The Morgan fingerprint density at radius 1 is 1.00 bits per heavy atom. The lowest BCUT2D eigenvalue weighted by molar-refractivity contribution is -0.120. The van der Waals surface area contributed by atoms with Gasteiger partial charge < -0.3 is 19.5 Å². The Morgan fingerprint density at radius 3 is 2.05 bits per heavy atom. The van der Waals surface area contributed by atoms with Gasteiger partial charge in [-0.1, -0.05) is 19.3 Å². The Morgan fingerprint density at radius 2 is 1.57 bits per heavy atom. The van der Waals surface area contributed by atoms with E-state index < -0.39 is 0 Å². The molecule has 1 aromatic carbocycles. The topological polar surface area (TPSA) is 56.8 Å². The molecule has 0 unspecified atom stereocenters. The molecule has 21 heavy (non-hydrogen) atoms. The van der Waals surface area contributed by atoms with Crippen LogP contribution in [-0.4, -0.2) is 27.2 Å². The summed E-state index contributed by atoms with van der Waals surface area (Å²) >= 11 is 0. The van der Waals surface area contributed by atoms with Gasteiger partial charge in [0.2, 0.25) is 5.91 Å². The van der Waals surface area contributed by atoms with Crippen LogP contribution in [0.25, 0.3) is 0 Å². The molecular formula is C16H23NO4. The maximum atomic E-state index is 12.4. The zero-order valence-electron chi connectivity index (χ0n) is 12.9. The zero-order chi connectivity index (χ0) is 15.2. The zero-order valence-corrected chi connectivity index (χ0v) is 12.9. The molecule has 1 fully saturated rings. The molecule has 1 saturated carbocycles. The third kappa shape index (κ3) is 3.60. The monoisotopic (exact) mass is 293 g/mol. The van der Waals surface area contributed by atoms with Crippen molar-refractivity contribution in [1.29, 1.82) is 0 Å². The molecule has 0 aliphatic heterocycles. The highest BCUT2D eigenvalue weighted by molar-refractivity contribution is 5.96. The third-order valence-electron chi connectivity index (χ3n) is 3.94. The highest BCUT2D eigenvalue weighted by Gasteiger charge is 2.24. The molecule has 1 aliphatic carbocycles. The van der Waals surface area contributed by atoms with E-state index in [0.29, 0.717) is 22.9 Å². The van der Waals surface area contributed by atoms with E-state index >= 15 is 0 Å². The van der Waals surface area contributed by atoms with Gasteiger partial charge in [-0.05, 0) is 12.8 Å². The second kappa shape index (κ2) is 7.20. The van der Waals surface area contributed by atoms with Gasteiger partial charge in [-0.2, -0.15) is 0 Å². The minimum Gasteiger partial charge on any atom is -0.496 e. The van der Waals surface area contributed by atoms with Gasteiger partial charge in [-0.3, -0.25) is 4.79 Å². The lowest BCUT2D eigenvalue weighted by atomic mass is 9.88. The molecule has 1 amide bonds. The van der Waals surface area contributed by atoms with Gasteiger partial charge in [0.05, 0.1) is 21.3 Å². The van der Waals surface area contributed by atoms with Crippen molar-refractivity contribution in [3.63, 3.8) is 0 Å². The van der Waals surface area contributed by atoms with Crippen LogP contribution in [0.3, 0.4) is 0 Å². The smallest absolute Gasteiger partial charge is 0.227 e. The van der Waals surface area contributed by atoms with E-state index in [1.807, 2.05) is 0 Å². The number of amides is 1. The molecular weight excluding hydrogens is 270 g/mol. The first-order chi connectivity index (χ1) is 10.2. The number of hydrogen-bond donors (Lipinski definition) is 1. The van der Waals surface area contributed by atoms with Crippen LogP contribution >= 0.6 is 0 Å². The number of carbonyl (C=O) groups is 1. The number of nitrogens with one attached hydrogen (secondary N) is 1. The van der Waals surface area contributed by atoms with E-state index in [0.717, 1.165) is 25.7 Å². The highest BCUT2D eigenvalue weighted by atomic mass is 16.5. The number of anilines is 1. The first kappa shape index (κ1) is 15.5. The van der Waals surface area contributed by atoms with Crippen molar-refractivity contribution in [2.45, 2.75) is 32.1 Å². The van der Waals surface area contributed by atoms with Crippen LogP contribution < -0.4 is 19.5 Å². The van der Waals surface area contributed by atoms with Gasteiger partial charge in [-0.15, -0.1) is 0 Å². The molecule has 116 valence electrons. The van der Waals surface area contributed by atoms with E-state index in [2.05, 4.69) is 5.32 Å². The number of ether oxygens (including phenoxy) is 3. The van der Waals surface area contributed by atoms with Crippen LogP contribution in [0.2, 0.25) is 0 Å². The number of rotatable bonds is 5. The summed E-state index contributed by atoms with van der Waals surface area (Å²) in [6.45, 7) is 0. The summed E-state index contributed by atoms with van der Waals surface area (Å²) in [5.74, 6) is 1.82. The summed E-state index contributed by atoms with van der Waals surface area (Å²) in [6, 6.07) is 3.47. The number of benzene rings is 1.